The van der Waals surface area contributed by atoms with E-state index >= 15 is 0 Å². The Kier molecular flexibility index (Phi) is 4.47. The highest BCUT2D eigenvalue weighted by molar-refractivity contribution is 4.89. The van der Waals surface area contributed by atoms with E-state index in [1.807, 2.05) is 0 Å². The SMILES string of the molecule is CCCC(C)C1(C(C)C)CCCCC1. The third kappa shape index (κ3) is 2.32. The number of hydrogen-bond acceptors (Lipinski definition) is 0. The molecular weight excluding hydrogens is 168 g/mol. The zero-order valence-electron chi connectivity index (χ0n) is 10.6. The molecule has 1 unspecified atom stereocenters. The zero-order valence-corrected chi connectivity index (χ0v) is 10.6. The Morgan fingerprint density at radius 3 is 2.00 bits per heavy atom. The summed E-state index contributed by atoms with van der Waals surface area (Å²) in [5, 5.41) is 0. The van der Waals surface area contributed by atoms with E-state index in [4.69, 9.17) is 0 Å². The quantitative estimate of drug-likeness (QED) is 0.591. The Morgan fingerprint density at radius 2 is 1.57 bits per heavy atom. The molecule has 1 aliphatic rings. The van der Waals surface area contributed by atoms with Crippen LogP contribution in [0.5, 0.6) is 0 Å². The summed E-state index contributed by atoms with van der Waals surface area (Å²) in [6.07, 6.45) is 10.2. The van der Waals surface area contributed by atoms with Gasteiger partial charge in [0.1, 0.15) is 0 Å². The molecule has 0 aliphatic heterocycles. The molecule has 0 bridgehead atoms. The Morgan fingerprint density at radius 1 is 1.00 bits per heavy atom. The van der Waals surface area contributed by atoms with Crippen molar-refractivity contribution in [3.63, 3.8) is 0 Å². The van der Waals surface area contributed by atoms with Gasteiger partial charge in [0, 0.05) is 0 Å². The molecule has 0 saturated heterocycles. The van der Waals surface area contributed by atoms with Crippen LogP contribution in [0.3, 0.4) is 0 Å². The van der Waals surface area contributed by atoms with Crippen LogP contribution >= 0.6 is 0 Å². The molecule has 0 amide bonds. The maximum atomic E-state index is 2.49. The van der Waals surface area contributed by atoms with Crippen molar-refractivity contribution in [1.29, 1.82) is 0 Å². The molecule has 84 valence electrons. The lowest BCUT2D eigenvalue weighted by molar-refractivity contribution is 0.0442. The van der Waals surface area contributed by atoms with Gasteiger partial charge in [-0.3, -0.25) is 0 Å². The van der Waals surface area contributed by atoms with Crippen LogP contribution in [0.1, 0.15) is 72.6 Å². The minimum Gasteiger partial charge on any atom is -0.0654 e. The molecule has 0 aromatic rings. The first-order valence-electron chi connectivity index (χ1n) is 6.63. The molecule has 0 aromatic carbocycles. The molecule has 0 nitrogen and oxygen atoms in total. The molecule has 0 N–H and O–H groups in total. The van der Waals surface area contributed by atoms with Crippen LogP contribution < -0.4 is 0 Å². The minimum atomic E-state index is 0.689. The van der Waals surface area contributed by atoms with Crippen LogP contribution in [0.15, 0.2) is 0 Å². The first kappa shape index (κ1) is 12.1. The Balaban J connectivity index is 2.69. The van der Waals surface area contributed by atoms with Crippen molar-refractivity contribution >= 4 is 0 Å². The number of hydrogen-bond donors (Lipinski definition) is 0. The van der Waals surface area contributed by atoms with Gasteiger partial charge in [-0.15, -0.1) is 0 Å². The highest BCUT2D eigenvalue weighted by Crippen LogP contribution is 2.49. The fraction of sp³-hybridized carbons (Fsp3) is 1.00. The average molecular weight is 196 g/mol. The van der Waals surface area contributed by atoms with Crippen molar-refractivity contribution in [1.82, 2.24) is 0 Å². The summed E-state index contributed by atoms with van der Waals surface area (Å²) in [6.45, 7) is 9.71. The van der Waals surface area contributed by atoms with Crippen LogP contribution in [0.25, 0.3) is 0 Å². The highest BCUT2D eigenvalue weighted by Gasteiger charge is 2.39. The third-order valence-electron chi connectivity index (χ3n) is 4.64. The maximum absolute atomic E-state index is 2.49. The smallest absolute Gasteiger partial charge is 0.0249 e. The van der Waals surface area contributed by atoms with Crippen molar-refractivity contribution < 1.29 is 0 Å². The molecule has 0 radical (unpaired) electrons. The van der Waals surface area contributed by atoms with Crippen molar-refractivity contribution in [2.45, 2.75) is 72.6 Å². The summed E-state index contributed by atoms with van der Waals surface area (Å²) in [5.41, 5.74) is 0.689. The largest absolute Gasteiger partial charge is 0.0654 e. The van der Waals surface area contributed by atoms with Gasteiger partial charge in [0.05, 0.1) is 0 Å². The van der Waals surface area contributed by atoms with E-state index in [0.717, 1.165) is 11.8 Å². The molecule has 0 heteroatoms. The van der Waals surface area contributed by atoms with Crippen molar-refractivity contribution in [3.8, 4) is 0 Å². The predicted octanol–water partition coefficient (Wildman–Crippen LogP) is 5.03. The first-order chi connectivity index (χ1) is 6.63. The van der Waals surface area contributed by atoms with Crippen molar-refractivity contribution in [3.05, 3.63) is 0 Å². The monoisotopic (exact) mass is 196 g/mol. The maximum Gasteiger partial charge on any atom is -0.0249 e. The lowest BCUT2D eigenvalue weighted by Crippen LogP contribution is -2.36. The second kappa shape index (κ2) is 5.19. The minimum absolute atomic E-state index is 0.689. The highest BCUT2D eigenvalue weighted by atomic mass is 14.4. The van der Waals surface area contributed by atoms with Crippen LogP contribution in [0.2, 0.25) is 0 Å². The van der Waals surface area contributed by atoms with Crippen LogP contribution in [-0.4, -0.2) is 0 Å². The summed E-state index contributed by atoms with van der Waals surface area (Å²) < 4.78 is 0. The summed E-state index contributed by atoms with van der Waals surface area (Å²) in [6, 6.07) is 0. The van der Waals surface area contributed by atoms with E-state index in [-0.39, 0.29) is 0 Å². The molecule has 1 aliphatic carbocycles. The molecule has 14 heavy (non-hydrogen) atoms. The van der Waals surface area contributed by atoms with Crippen LogP contribution in [-0.2, 0) is 0 Å². The van der Waals surface area contributed by atoms with E-state index in [1.54, 1.807) is 0 Å². The molecule has 0 spiro atoms. The normalized spacial score (nSPS) is 23.8. The average Bonchev–Trinajstić information content (AvgIpc) is 2.19. The van der Waals surface area contributed by atoms with E-state index in [0.29, 0.717) is 5.41 Å². The van der Waals surface area contributed by atoms with Crippen LogP contribution in [0.4, 0.5) is 0 Å². The number of rotatable bonds is 4. The lowest BCUT2D eigenvalue weighted by atomic mass is 9.59. The molecule has 1 rings (SSSR count). The molecule has 1 saturated carbocycles. The van der Waals surface area contributed by atoms with Crippen molar-refractivity contribution in [2.75, 3.05) is 0 Å². The second-order valence-corrected chi connectivity index (χ2v) is 5.64. The molecule has 1 atom stereocenters. The first-order valence-corrected chi connectivity index (χ1v) is 6.63. The Hall–Kier alpha value is 0. The van der Waals surface area contributed by atoms with Gasteiger partial charge in [-0.1, -0.05) is 59.8 Å². The van der Waals surface area contributed by atoms with E-state index in [9.17, 15) is 0 Å². The van der Waals surface area contributed by atoms with Gasteiger partial charge in [-0.05, 0) is 30.1 Å². The fourth-order valence-corrected chi connectivity index (χ4v) is 3.57. The topological polar surface area (TPSA) is 0 Å². The molecular formula is C14H28. The lowest BCUT2D eigenvalue weighted by Gasteiger charge is -2.46. The predicted molar refractivity (Wildman–Crippen MR) is 64.4 cm³/mol. The van der Waals surface area contributed by atoms with Crippen LogP contribution in [0, 0.1) is 17.3 Å². The Bertz CT molecular complexity index is 151. The van der Waals surface area contributed by atoms with Gasteiger partial charge in [0.25, 0.3) is 0 Å². The van der Waals surface area contributed by atoms with Gasteiger partial charge in [-0.2, -0.15) is 0 Å². The second-order valence-electron chi connectivity index (χ2n) is 5.64. The summed E-state index contributed by atoms with van der Waals surface area (Å²) in [4.78, 5) is 0. The van der Waals surface area contributed by atoms with Gasteiger partial charge in [-0.25, -0.2) is 0 Å². The fourth-order valence-electron chi connectivity index (χ4n) is 3.57. The summed E-state index contributed by atoms with van der Waals surface area (Å²) >= 11 is 0. The Labute approximate surface area is 90.5 Å². The standard InChI is InChI=1S/C14H28/c1-5-9-13(4)14(12(2)3)10-7-6-8-11-14/h12-13H,5-11H2,1-4H3. The molecule has 1 fully saturated rings. The van der Waals surface area contributed by atoms with E-state index in [1.165, 1.54) is 44.9 Å². The third-order valence-corrected chi connectivity index (χ3v) is 4.64. The van der Waals surface area contributed by atoms with Gasteiger partial charge >= 0.3 is 0 Å². The van der Waals surface area contributed by atoms with Gasteiger partial charge < -0.3 is 0 Å². The summed E-state index contributed by atoms with van der Waals surface area (Å²) in [5.74, 6) is 1.82. The van der Waals surface area contributed by atoms with E-state index in [2.05, 4.69) is 27.7 Å². The van der Waals surface area contributed by atoms with Crippen molar-refractivity contribution in [2.24, 2.45) is 17.3 Å². The van der Waals surface area contributed by atoms with Gasteiger partial charge in [0.15, 0.2) is 0 Å². The van der Waals surface area contributed by atoms with E-state index < -0.39 is 0 Å². The molecule has 0 heterocycles. The summed E-state index contributed by atoms with van der Waals surface area (Å²) in [7, 11) is 0. The zero-order chi connectivity index (χ0) is 10.6. The molecule has 0 aromatic heterocycles. The van der Waals surface area contributed by atoms with Gasteiger partial charge in [0.2, 0.25) is 0 Å².